The zero-order valence-electron chi connectivity index (χ0n) is 7.93. The van der Waals surface area contributed by atoms with Crippen molar-refractivity contribution in [1.82, 2.24) is 10.3 Å². The predicted octanol–water partition coefficient (Wildman–Crippen LogP) is 0.834. The highest BCUT2D eigenvalue weighted by atomic mass is 16.2. The smallest absolute Gasteiger partial charge is 0.259 e. The van der Waals surface area contributed by atoms with Crippen molar-refractivity contribution in [2.75, 3.05) is 0 Å². The Hall–Kier alpha value is -2.23. The van der Waals surface area contributed by atoms with Crippen LogP contribution in [0.5, 0.6) is 0 Å². The van der Waals surface area contributed by atoms with Crippen LogP contribution >= 0.6 is 0 Å². The molecule has 0 bridgehead atoms. The molecule has 0 fully saturated rings. The Morgan fingerprint density at radius 2 is 2.33 bits per heavy atom. The summed E-state index contributed by atoms with van der Waals surface area (Å²) in [5, 5.41) is 2.28. The van der Waals surface area contributed by atoms with Crippen molar-refractivity contribution in [3.63, 3.8) is 0 Å². The Morgan fingerprint density at radius 1 is 1.53 bits per heavy atom. The first-order chi connectivity index (χ1) is 7.27. The maximum atomic E-state index is 11.2. The van der Waals surface area contributed by atoms with E-state index in [1.165, 1.54) is 12.3 Å². The summed E-state index contributed by atoms with van der Waals surface area (Å²) in [6.45, 7) is 3.32. The minimum Gasteiger partial charge on any atom is -0.329 e. The number of rotatable bonds is 4. The number of carbonyl (C=O) groups excluding carboxylic acids is 2. The van der Waals surface area contributed by atoms with Crippen molar-refractivity contribution < 1.29 is 9.59 Å². The summed E-state index contributed by atoms with van der Waals surface area (Å²) < 4.78 is 0. The van der Waals surface area contributed by atoms with Crippen LogP contribution in [0, 0.1) is 0 Å². The molecule has 0 atom stereocenters. The molecule has 4 heteroatoms. The maximum absolute atomic E-state index is 11.2. The molecular formula is C11H9N2O2. The number of hydrogen-bond donors (Lipinski definition) is 1. The van der Waals surface area contributed by atoms with Crippen molar-refractivity contribution in [3.8, 4) is 0 Å². The summed E-state index contributed by atoms with van der Waals surface area (Å²) in [6, 6.07) is 5.18. The molecule has 0 aromatic carbocycles. The van der Waals surface area contributed by atoms with Gasteiger partial charge < -0.3 is 5.32 Å². The fourth-order valence-corrected chi connectivity index (χ4v) is 0.921. The van der Waals surface area contributed by atoms with E-state index >= 15 is 0 Å². The molecule has 1 aromatic rings. The third-order valence-corrected chi connectivity index (χ3v) is 1.57. The summed E-state index contributed by atoms with van der Waals surface area (Å²) in [6.07, 6.45) is 5.67. The molecule has 1 aromatic heterocycles. The third-order valence-electron chi connectivity index (χ3n) is 1.57. The van der Waals surface area contributed by atoms with Gasteiger partial charge in [0.1, 0.15) is 0 Å². The van der Waals surface area contributed by atoms with E-state index in [-0.39, 0.29) is 5.57 Å². The highest BCUT2D eigenvalue weighted by Crippen LogP contribution is 2.01. The first-order valence-electron chi connectivity index (χ1n) is 4.20. The first kappa shape index (κ1) is 10.8. The van der Waals surface area contributed by atoms with Crippen LogP contribution in [-0.2, 0) is 9.59 Å². The van der Waals surface area contributed by atoms with Gasteiger partial charge in [0.2, 0.25) is 6.29 Å². The quantitative estimate of drug-likeness (QED) is 0.446. The number of hydrogen-bond acceptors (Lipinski definition) is 3. The summed E-state index contributed by atoms with van der Waals surface area (Å²) in [5.74, 6) is -0.550. The van der Waals surface area contributed by atoms with E-state index in [1.54, 1.807) is 30.7 Å². The molecule has 0 unspecified atom stereocenters. The van der Waals surface area contributed by atoms with Gasteiger partial charge in [-0.1, -0.05) is 12.6 Å². The molecule has 1 heterocycles. The van der Waals surface area contributed by atoms with Crippen LogP contribution in [0.25, 0.3) is 6.08 Å². The van der Waals surface area contributed by atoms with Crippen LogP contribution in [0.15, 0.2) is 42.7 Å². The normalized spacial score (nSPS) is 10.5. The monoisotopic (exact) mass is 201 g/mol. The Labute approximate surface area is 87.3 Å². The van der Waals surface area contributed by atoms with Gasteiger partial charge >= 0.3 is 0 Å². The van der Waals surface area contributed by atoms with Crippen molar-refractivity contribution in [3.05, 3.63) is 48.4 Å². The van der Waals surface area contributed by atoms with Crippen molar-refractivity contribution in [1.29, 1.82) is 0 Å². The van der Waals surface area contributed by atoms with Crippen LogP contribution in [0.2, 0.25) is 0 Å². The number of aromatic nitrogens is 1. The molecule has 1 N–H and O–H groups in total. The predicted molar refractivity (Wildman–Crippen MR) is 56.2 cm³/mol. The second kappa shape index (κ2) is 5.49. The van der Waals surface area contributed by atoms with Crippen molar-refractivity contribution >= 4 is 18.3 Å². The van der Waals surface area contributed by atoms with Gasteiger partial charge in [-0.15, -0.1) is 0 Å². The molecule has 4 nitrogen and oxygen atoms in total. The molecule has 0 saturated heterocycles. The van der Waals surface area contributed by atoms with Gasteiger partial charge in [-0.05, 0) is 24.4 Å². The number of nitrogens with one attached hydrogen (secondary N) is 1. The third kappa shape index (κ3) is 3.19. The van der Waals surface area contributed by atoms with E-state index < -0.39 is 5.91 Å². The highest BCUT2D eigenvalue weighted by Gasteiger charge is 2.07. The van der Waals surface area contributed by atoms with Crippen LogP contribution in [0.4, 0.5) is 0 Å². The van der Waals surface area contributed by atoms with Crippen LogP contribution in [0.3, 0.4) is 0 Å². The lowest BCUT2D eigenvalue weighted by molar-refractivity contribution is -0.116. The Morgan fingerprint density at radius 3 is 2.87 bits per heavy atom. The van der Waals surface area contributed by atoms with Gasteiger partial charge in [0, 0.05) is 6.20 Å². The molecule has 75 valence electrons. The molecule has 15 heavy (non-hydrogen) atoms. The van der Waals surface area contributed by atoms with Crippen molar-refractivity contribution in [2.24, 2.45) is 0 Å². The Bertz CT molecular complexity index is 396. The summed E-state index contributed by atoms with van der Waals surface area (Å²) >= 11 is 0. The lowest BCUT2D eigenvalue weighted by Crippen LogP contribution is -2.19. The SMILES string of the molecule is C=CNC(=O)/C([C]=O)=C/c1ccccn1. The van der Waals surface area contributed by atoms with Gasteiger partial charge in [0.25, 0.3) is 5.91 Å². The van der Waals surface area contributed by atoms with Crippen LogP contribution in [-0.4, -0.2) is 17.2 Å². The minimum absolute atomic E-state index is 0.117. The molecule has 0 spiro atoms. The second-order valence-corrected chi connectivity index (χ2v) is 2.59. The molecule has 0 aliphatic carbocycles. The largest absolute Gasteiger partial charge is 0.329 e. The average molecular weight is 201 g/mol. The molecule has 0 aliphatic rings. The number of carbonyl (C=O) groups is 1. The maximum Gasteiger partial charge on any atom is 0.259 e. The van der Waals surface area contributed by atoms with Crippen LogP contribution in [0.1, 0.15) is 5.69 Å². The van der Waals surface area contributed by atoms with Gasteiger partial charge in [-0.3, -0.25) is 14.6 Å². The summed E-state index contributed by atoms with van der Waals surface area (Å²) in [5.41, 5.74) is 0.406. The van der Waals surface area contributed by atoms with E-state index in [1.807, 2.05) is 0 Å². The fourth-order valence-electron chi connectivity index (χ4n) is 0.921. The van der Waals surface area contributed by atoms with Gasteiger partial charge in [-0.25, -0.2) is 0 Å². The first-order valence-corrected chi connectivity index (χ1v) is 4.20. The Balaban J connectivity index is 2.92. The van der Waals surface area contributed by atoms with E-state index in [2.05, 4.69) is 16.9 Å². The molecule has 1 amide bonds. The number of amides is 1. The van der Waals surface area contributed by atoms with Gasteiger partial charge in [0.15, 0.2) is 0 Å². The van der Waals surface area contributed by atoms with E-state index in [4.69, 9.17) is 0 Å². The van der Waals surface area contributed by atoms with E-state index in [9.17, 15) is 9.59 Å². The molecule has 1 rings (SSSR count). The van der Waals surface area contributed by atoms with E-state index in [0.29, 0.717) is 5.69 Å². The van der Waals surface area contributed by atoms with Gasteiger partial charge in [0.05, 0.1) is 11.3 Å². The topological polar surface area (TPSA) is 59.1 Å². The van der Waals surface area contributed by atoms with E-state index in [0.717, 1.165) is 0 Å². The lowest BCUT2D eigenvalue weighted by Gasteiger charge is -1.97. The zero-order valence-corrected chi connectivity index (χ0v) is 7.93. The number of pyridine rings is 1. The minimum atomic E-state index is -0.550. The average Bonchev–Trinajstić information content (AvgIpc) is 2.27. The summed E-state index contributed by atoms with van der Waals surface area (Å²) in [4.78, 5) is 25.7. The van der Waals surface area contributed by atoms with Crippen LogP contribution < -0.4 is 5.32 Å². The number of nitrogens with zero attached hydrogens (tertiary/aromatic N) is 1. The molecule has 1 radical (unpaired) electrons. The zero-order chi connectivity index (χ0) is 11.1. The lowest BCUT2D eigenvalue weighted by atomic mass is 10.2. The molecular weight excluding hydrogens is 192 g/mol. The Kier molecular flexibility index (Phi) is 3.97. The van der Waals surface area contributed by atoms with Gasteiger partial charge in [-0.2, -0.15) is 0 Å². The van der Waals surface area contributed by atoms with Crippen molar-refractivity contribution in [2.45, 2.75) is 0 Å². The second-order valence-electron chi connectivity index (χ2n) is 2.59. The standard InChI is InChI=1S/C11H9N2O2/c1-2-12-11(15)9(8-14)7-10-5-3-4-6-13-10/h2-7H,1H2,(H,12,15)/b9-7+. The fraction of sp³-hybridized carbons (Fsp3) is 0. The highest BCUT2D eigenvalue weighted by molar-refractivity contribution is 6.14. The molecule has 0 saturated carbocycles. The molecule has 0 aliphatic heterocycles. The summed E-state index contributed by atoms with van der Waals surface area (Å²) in [7, 11) is 0.